The van der Waals surface area contributed by atoms with Gasteiger partial charge in [-0.1, -0.05) is 11.6 Å². The monoisotopic (exact) mass is 290 g/mol. The van der Waals surface area contributed by atoms with Gasteiger partial charge >= 0.3 is 0 Å². The van der Waals surface area contributed by atoms with E-state index in [2.05, 4.69) is 20.6 Å². The van der Waals surface area contributed by atoms with E-state index in [1.165, 1.54) is 6.92 Å². The molecule has 1 amide bonds. The van der Waals surface area contributed by atoms with Crippen LogP contribution in [0, 0.1) is 0 Å². The minimum Gasteiger partial charge on any atom is -0.350 e. The molecule has 1 atom stereocenters. The molecular formula is C14H15ClN4O. The Balaban J connectivity index is 2.15. The number of carbonyl (C=O) groups is 1. The van der Waals surface area contributed by atoms with Crippen molar-refractivity contribution in [2.45, 2.75) is 20.0 Å². The lowest BCUT2D eigenvalue weighted by Crippen LogP contribution is -2.36. The molecule has 0 aliphatic rings. The lowest BCUT2D eigenvalue weighted by Gasteiger charge is -2.15. The van der Waals surface area contributed by atoms with E-state index in [0.29, 0.717) is 16.7 Å². The normalized spacial score (nSPS) is 11.8. The van der Waals surface area contributed by atoms with E-state index in [1.807, 2.05) is 19.1 Å². The maximum absolute atomic E-state index is 11.0. The number of rotatable bonds is 4. The summed E-state index contributed by atoms with van der Waals surface area (Å²) < 4.78 is 0. The fraction of sp³-hybridized carbons (Fsp3) is 0.214. The van der Waals surface area contributed by atoms with Crippen molar-refractivity contribution in [1.82, 2.24) is 15.3 Å². The van der Waals surface area contributed by atoms with Crippen LogP contribution in [-0.2, 0) is 4.79 Å². The van der Waals surface area contributed by atoms with Crippen molar-refractivity contribution in [1.29, 1.82) is 0 Å². The summed E-state index contributed by atoms with van der Waals surface area (Å²) in [5.74, 6) is 1.14. The van der Waals surface area contributed by atoms with E-state index in [4.69, 9.17) is 11.6 Å². The van der Waals surface area contributed by atoms with Crippen LogP contribution in [0.15, 0.2) is 36.5 Å². The molecule has 0 bridgehead atoms. The number of hydrogen-bond acceptors (Lipinski definition) is 4. The second kappa shape index (κ2) is 6.34. The molecule has 1 heterocycles. The number of anilines is 1. The van der Waals surface area contributed by atoms with Gasteiger partial charge in [0.1, 0.15) is 5.82 Å². The van der Waals surface area contributed by atoms with E-state index >= 15 is 0 Å². The summed E-state index contributed by atoms with van der Waals surface area (Å²) in [6.45, 7) is 3.31. The van der Waals surface area contributed by atoms with Crippen molar-refractivity contribution in [2.75, 3.05) is 5.32 Å². The molecule has 0 saturated heterocycles. The number of aromatic nitrogens is 2. The number of benzene rings is 1. The Morgan fingerprint density at radius 3 is 2.60 bits per heavy atom. The predicted molar refractivity (Wildman–Crippen MR) is 79.4 cm³/mol. The van der Waals surface area contributed by atoms with Gasteiger partial charge in [0.2, 0.25) is 5.91 Å². The van der Waals surface area contributed by atoms with Crippen LogP contribution >= 0.6 is 11.6 Å². The van der Waals surface area contributed by atoms with E-state index in [0.717, 1.165) is 5.56 Å². The van der Waals surface area contributed by atoms with Gasteiger partial charge in [-0.05, 0) is 37.3 Å². The molecular weight excluding hydrogens is 276 g/mol. The van der Waals surface area contributed by atoms with Gasteiger partial charge in [0.25, 0.3) is 0 Å². The topological polar surface area (TPSA) is 66.9 Å². The van der Waals surface area contributed by atoms with Crippen molar-refractivity contribution in [3.8, 4) is 11.4 Å². The summed E-state index contributed by atoms with van der Waals surface area (Å²) in [7, 11) is 0. The highest BCUT2D eigenvalue weighted by molar-refractivity contribution is 6.30. The van der Waals surface area contributed by atoms with E-state index in [9.17, 15) is 4.79 Å². The van der Waals surface area contributed by atoms with Crippen LogP contribution in [0.5, 0.6) is 0 Å². The number of amides is 1. The predicted octanol–water partition coefficient (Wildman–Crippen LogP) is 2.69. The second-order valence-electron chi connectivity index (χ2n) is 4.34. The molecule has 2 rings (SSSR count). The van der Waals surface area contributed by atoms with E-state index in [-0.39, 0.29) is 12.1 Å². The molecule has 20 heavy (non-hydrogen) atoms. The number of halogens is 1. The van der Waals surface area contributed by atoms with Gasteiger partial charge in [-0.3, -0.25) is 4.79 Å². The number of nitrogens with zero attached hydrogens (tertiary/aromatic N) is 2. The molecule has 1 unspecified atom stereocenters. The first-order chi connectivity index (χ1) is 9.54. The lowest BCUT2D eigenvalue weighted by atomic mass is 10.2. The quantitative estimate of drug-likeness (QED) is 0.850. The number of carbonyl (C=O) groups excluding carboxylic acids is 1. The molecule has 104 valence electrons. The number of hydrogen-bond donors (Lipinski definition) is 2. The average Bonchev–Trinajstić information content (AvgIpc) is 2.38. The van der Waals surface area contributed by atoms with Crippen LogP contribution in [0.25, 0.3) is 11.4 Å². The first-order valence-electron chi connectivity index (χ1n) is 6.17. The zero-order valence-corrected chi connectivity index (χ0v) is 12.0. The fourth-order valence-corrected chi connectivity index (χ4v) is 1.87. The third-order valence-corrected chi connectivity index (χ3v) is 2.79. The highest BCUT2D eigenvalue weighted by atomic mass is 35.5. The maximum Gasteiger partial charge on any atom is 0.218 e. The van der Waals surface area contributed by atoms with Crippen LogP contribution < -0.4 is 10.6 Å². The summed E-state index contributed by atoms with van der Waals surface area (Å²) >= 11 is 5.85. The third-order valence-electron chi connectivity index (χ3n) is 2.54. The van der Waals surface area contributed by atoms with E-state index in [1.54, 1.807) is 24.4 Å². The molecule has 0 aliphatic carbocycles. The summed E-state index contributed by atoms with van der Waals surface area (Å²) in [6, 6.07) is 9.05. The molecule has 0 radical (unpaired) electrons. The van der Waals surface area contributed by atoms with Gasteiger partial charge in [-0.15, -0.1) is 0 Å². The average molecular weight is 291 g/mol. The summed E-state index contributed by atoms with van der Waals surface area (Å²) in [5.41, 5.74) is 0.880. The van der Waals surface area contributed by atoms with Gasteiger partial charge in [-0.2, -0.15) is 0 Å². The van der Waals surface area contributed by atoms with Gasteiger partial charge < -0.3 is 10.6 Å². The second-order valence-corrected chi connectivity index (χ2v) is 4.78. The summed E-state index contributed by atoms with van der Waals surface area (Å²) in [6.07, 6.45) is 1.46. The Bertz CT molecular complexity index is 600. The largest absolute Gasteiger partial charge is 0.350 e. The molecule has 1 aromatic heterocycles. The van der Waals surface area contributed by atoms with Gasteiger partial charge in [-0.25, -0.2) is 9.97 Å². The van der Waals surface area contributed by atoms with Crippen molar-refractivity contribution in [3.05, 3.63) is 41.6 Å². The molecule has 0 fully saturated rings. The first kappa shape index (κ1) is 14.3. The van der Waals surface area contributed by atoms with Crippen LogP contribution in [0.2, 0.25) is 5.02 Å². The fourth-order valence-electron chi connectivity index (χ4n) is 1.74. The van der Waals surface area contributed by atoms with Gasteiger partial charge in [0, 0.05) is 23.7 Å². The molecule has 0 aliphatic heterocycles. The Morgan fingerprint density at radius 2 is 1.95 bits per heavy atom. The molecule has 2 N–H and O–H groups in total. The molecule has 2 aromatic rings. The van der Waals surface area contributed by atoms with Crippen LogP contribution in [0.1, 0.15) is 13.8 Å². The highest BCUT2D eigenvalue weighted by Crippen LogP contribution is 2.19. The highest BCUT2D eigenvalue weighted by Gasteiger charge is 2.06. The smallest absolute Gasteiger partial charge is 0.218 e. The van der Waals surface area contributed by atoms with Gasteiger partial charge in [0.05, 0.1) is 6.17 Å². The molecule has 5 nitrogen and oxygen atoms in total. The minimum absolute atomic E-state index is 0.100. The molecule has 0 spiro atoms. The van der Waals surface area contributed by atoms with Crippen molar-refractivity contribution in [2.24, 2.45) is 0 Å². The zero-order chi connectivity index (χ0) is 14.5. The summed E-state index contributed by atoms with van der Waals surface area (Å²) in [5, 5.41) is 6.48. The SMILES string of the molecule is CC(=O)NC(C)Nc1ccnc(-c2ccc(Cl)cc2)n1. The van der Waals surface area contributed by atoms with Crippen molar-refractivity contribution < 1.29 is 4.79 Å². The van der Waals surface area contributed by atoms with Crippen LogP contribution in [-0.4, -0.2) is 22.0 Å². The third kappa shape index (κ3) is 3.93. The Hall–Kier alpha value is -2.14. The molecule has 0 saturated carbocycles. The first-order valence-corrected chi connectivity index (χ1v) is 6.55. The van der Waals surface area contributed by atoms with Crippen LogP contribution in [0.3, 0.4) is 0 Å². The summed E-state index contributed by atoms with van der Waals surface area (Å²) in [4.78, 5) is 19.6. The minimum atomic E-state index is -0.208. The Morgan fingerprint density at radius 1 is 1.25 bits per heavy atom. The van der Waals surface area contributed by atoms with Crippen molar-refractivity contribution in [3.63, 3.8) is 0 Å². The lowest BCUT2D eigenvalue weighted by molar-refractivity contribution is -0.119. The van der Waals surface area contributed by atoms with Gasteiger partial charge in [0.15, 0.2) is 5.82 Å². The Labute approximate surface area is 122 Å². The Kier molecular flexibility index (Phi) is 4.53. The standard InChI is InChI=1S/C14H15ClN4O/c1-9(17-10(2)20)18-13-7-8-16-14(19-13)11-3-5-12(15)6-4-11/h3-9H,1-2H3,(H,17,20)(H,16,18,19). The van der Waals surface area contributed by atoms with Crippen molar-refractivity contribution >= 4 is 23.3 Å². The maximum atomic E-state index is 11.0. The molecule has 1 aromatic carbocycles. The molecule has 6 heteroatoms. The zero-order valence-electron chi connectivity index (χ0n) is 11.2. The van der Waals surface area contributed by atoms with E-state index < -0.39 is 0 Å². The van der Waals surface area contributed by atoms with Crippen LogP contribution in [0.4, 0.5) is 5.82 Å². The number of nitrogens with one attached hydrogen (secondary N) is 2.